The van der Waals surface area contributed by atoms with Crippen LogP contribution in [0.3, 0.4) is 0 Å². The number of aryl methyl sites for hydroxylation is 1. The van der Waals surface area contributed by atoms with E-state index in [1.54, 1.807) is 17.8 Å². The van der Waals surface area contributed by atoms with Gasteiger partial charge in [0.1, 0.15) is 11.3 Å². The zero-order valence-electron chi connectivity index (χ0n) is 15.1. The summed E-state index contributed by atoms with van der Waals surface area (Å²) >= 11 is 1.71. The molecule has 0 radical (unpaired) electrons. The minimum Gasteiger partial charge on any atom is -0.494 e. The van der Waals surface area contributed by atoms with Crippen molar-refractivity contribution < 1.29 is 24.2 Å². The third kappa shape index (κ3) is 4.94. The molecule has 2 aliphatic rings. The Hall–Kier alpha value is -2.22. The smallest absolute Gasteiger partial charge is 0.329 e. The van der Waals surface area contributed by atoms with E-state index in [9.17, 15) is 19.5 Å². The number of benzene rings is 1. The number of aliphatic carboxylic acids is 1. The second-order valence-electron chi connectivity index (χ2n) is 6.87. The minimum atomic E-state index is -1.12. The van der Waals surface area contributed by atoms with Crippen molar-refractivity contribution in [2.45, 2.75) is 44.1 Å². The zero-order chi connectivity index (χ0) is 19.3. The lowest BCUT2D eigenvalue weighted by Gasteiger charge is -2.33. The van der Waals surface area contributed by atoms with Gasteiger partial charge in [-0.3, -0.25) is 9.59 Å². The summed E-state index contributed by atoms with van der Waals surface area (Å²) < 4.78 is 5.70. The predicted octanol–water partition coefficient (Wildman–Crippen LogP) is 2.20. The molecule has 0 aromatic heterocycles. The van der Waals surface area contributed by atoms with E-state index in [4.69, 9.17) is 4.74 Å². The van der Waals surface area contributed by atoms with Crippen LogP contribution in [0.2, 0.25) is 0 Å². The molecule has 1 fully saturated rings. The van der Waals surface area contributed by atoms with Crippen molar-refractivity contribution >= 4 is 35.2 Å². The standard InChI is InChI=1S/C19H24N2O5S/c22-16-6-3-13-12-14(4-5-15(13)20-16)26-9-1-2-17(23)21-19(18(24)25)7-10-27-11-8-19/h4-5,12H,1-3,6-11H2,(H,20,22)(H,21,23)(H,24,25). The van der Waals surface area contributed by atoms with E-state index in [1.165, 1.54) is 0 Å². The number of amides is 2. The fourth-order valence-electron chi connectivity index (χ4n) is 3.31. The van der Waals surface area contributed by atoms with E-state index >= 15 is 0 Å². The largest absolute Gasteiger partial charge is 0.494 e. The zero-order valence-corrected chi connectivity index (χ0v) is 15.9. The number of carboxylic acid groups (broad SMARTS) is 1. The monoisotopic (exact) mass is 392 g/mol. The summed E-state index contributed by atoms with van der Waals surface area (Å²) in [5, 5.41) is 15.0. The molecule has 3 rings (SSSR count). The molecule has 0 spiro atoms. The molecular formula is C19H24N2O5S. The molecule has 0 unspecified atom stereocenters. The number of anilines is 1. The number of rotatable bonds is 7. The lowest BCUT2D eigenvalue weighted by molar-refractivity contribution is -0.148. The molecule has 3 N–H and O–H groups in total. The quantitative estimate of drug-likeness (QED) is 0.615. The fourth-order valence-corrected chi connectivity index (χ4v) is 4.50. The molecule has 8 heteroatoms. The Morgan fingerprint density at radius 1 is 1.26 bits per heavy atom. The highest BCUT2D eigenvalue weighted by molar-refractivity contribution is 7.99. The van der Waals surface area contributed by atoms with Crippen LogP contribution in [-0.4, -0.2) is 46.5 Å². The third-order valence-corrected chi connectivity index (χ3v) is 5.91. The van der Waals surface area contributed by atoms with Gasteiger partial charge in [-0.15, -0.1) is 0 Å². The van der Waals surface area contributed by atoms with Crippen molar-refractivity contribution in [1.82, 2.24) is 5.32 Å². The van der Waals surface area contributed by atoms with Crippen molar-refractivity contribution in [3.05, 3.63) is 23.8 Å². The number of nitrogens with one attached hydrogen (secondary N) is 2. The molecular weight excluding hydrogens is 368 g/mol. The predicted molar refractivity (Wildman–Crippen MR) is 103 cm³/mol. The second-order valence-corrected chi connectivity index (χ2v) is 8.09. The number of thioether (sulfide) groups is 1. The summed E-state index contributed by atoms with van der Waals surface area (Å²) in [6.45, 7) is 0.370. The summed E-state index contributed by atoms with van der Waals surface area (Å²) in [6, 6.07) is 5.53. The minimum absolute atomic E-state index is 0.0258. The maximum absolute atomic E-state index is 12.2. The van der Waals surface area contributed by atoms with Crippen molar-refractivity contribution in [1.29, 1.82) is 0 Å². The van der Waals surface area contributed by atoms with Crippen molar-refractivity contribution in [2.75, 3.05) is 23.4 Å². The van der Waals surface area contributed by atoms with Crippen LogP contribution in [-0.2, 0) is 20.8 Å². The molecule has 7 nitrogen and oxygen atoms in total. The molecule has 1 saturated heterocycles. The summed E-state index contributed by atoms with van der Waals surface area (Å²) in [6.07, 6.45) is 2.81. The molecule has 146 valence electrons. The van der Waals surface area contributed by atoms with Gasteiger partial charge in [-0.1, -0.05) is 0 Å². The fraction of sp³-hybridized carbons (Fsp3) is 0.526. The van der Waals surface area contributed by atoms with E-state index < -0.39 is 11.5 Å². The first-order valence-electron chi connectivity index (χ1n) is 9.16. The SMILES string of the molecule is O=C1CCc2cc(OCCCC(=O)NC3(C(=O)O)CCSCC3)ccc2N1. The first-order valence-corrected chi connectivity index (χ1v) is 10.3. The van der Waals surface area contributed by atoms with Crippen LogP contribution in [0.25, 0.3) is 0 Å². The summed E-state index contributed by atoms with van der Waals surface area (Å²) in [4.78, 5) is 35.1. The maximum Gasteiger partial charge on any atom is 0.329 e. The molecule has 2 amide bonds. The van der Waals surface area contributed by atoms with Gasteiger partial charge in [-0.2, -0.15) is 11.8 Å². The van der Waals surface area contributed by atoms with Gasteiger partial charge >= 0.3 is 5.97 Å². The topological polar surface area (TPSA) is 105 Å². The first-order chi connectivity index (χ1) is 13.0. The Labute approximate surface area is 162 Å². The number of carbonyl (C=O) groups excluding carboxylic acids is 2. The number of carboxylic acids is 1. The van der Waals surface area contributed by atoms with Gasteiger partial charge in [0.15, 0.2) is 0 Å². The van der Waals surface area contributed by atoms with E-state index in [1.807, 2.05) is 12.1 Å². The van der Waals surface area contributed by atoms with Crippen LogP contribution in [0.5, 0.6) is 5.75 Å². The molecule has 27 heavy (non-hydrogen) atoms. The van der Waals surface area contributed by atoms with Gasteiger partial charge in [-0.05, 0) is 61.0 Å². The van der Waals surface area contributed by atoms with Gasteiger partial charge in [0.25, 0.3) is 0 Å². The third-order valence-electron chi connectivity index (χ3n) is 4.92. The average Bonchev–Trinajstić information content (AvgIpc) is 2.66. The van der Waals surface area contributed by atoms with Crippen LogP contribution >= 0.6 is 11.8 Å². The maximum atomic E-state index is 12.2. The molecule has 2 aliphatic heterocycles. The van der Waals surface area contributed by atoms with Crippen molar-refractivity contribution in [3.8, 4) is 5.75 Å². The van der Waals surface area contributed by atoms with Gasteiger partial charge in [0.2, 0.25) is 11.8 Å². The Kier molecular flexibility index (Phi) is 6.26. The van der Waals surface area contributed by atoms with E-state index in [2.05, 4.69) is 10.6 Å². The molecule has 2 heterocycles. The van der Waals surface area contributed by atoms with E-state index in [0.29, 0.717) is 44.5 Å². The number of hydrogen-bond donors (Lipinski definition) is 3. The van der Waals surface area contributed by atoms with Crippen LogP contribution in [0.15, 0.2) is 18.2 Å². The second kappa shape index (κ2) is 8.65. The van der Waals surface area contributed by atoms with Gasteiger partial charge in [-0.25, -0.2) is 4.79 Å². The summed E-state index contributed by atoms with van der Waals surface area (Å²) in [5.74, 6) is 1.02. The molecule has 1 aromatic rings. The van der Waals surface area contributed by atoms with Crippen LogP contribution in [0.4, 0.5) is 5.69 Å². The normalized spacial score (nSPS) is 18.1. The Balaban J connectivity index is 1.44. The highest BCUT2D eigenvalue weighted by atomic mass is 32.2. The Bertz CT molecular complexity index is 731. The van der Waals surface area contributed by atoms with Gasteiger partial charge in [0.05, 0.1) is 6.61 Å². The summed E-state index contributed by atoms with van der Waals surface area (Å²) in [7, 11) is 0. The number of carbonyl (C=O) groups is 3. The molecule has 1 aromatic carbocycles. The molecule has 0 saturated carbocycles. The Morgan fingerprint density at radius 3 is 2.78 bits per heavy atom. The highest BCUT2D eigenvalue weighted by Crippen LogP contribution is 2.28. The Morgan fingerprint density at radius 2 is 2.04 bits per heavy atom. The van der Waals surface area contributed by atoms with Crippen molar-refractivity contribution in [3.63, 3.8) is 0 Å². The molecule has 0 aliphatic carbocycles. The number of ether oxygens (including phenoxy) is 1. The van der Waals surface area contributed by atoms with Crippen LogP contribution in [0, 0.1) is 0 Å². The van der Waals surface area contributed by atoms with Crippen LogP contribution in [0.1, 0.15) is 37.7 Å². The van der Waals surface area contributed by atoms with Crippen molar-refractivity contribution in [2.24, 2.45) is 0 Å². The van der Waals surface area contributed by atoms with E-state index in [0.717, 1.165) is 22.8 Å². The lowest BCUT2D eigenvalue weighted by Crippen LogP contribution is -2.56. The molecule has 0 atom stereocenters. The van der Waals surface area contributed by atoms with Gasteiger partial charge in [0, 0.05) is 18.5 Å². The molecule has 0 bridgehead atoms. The average molecular weight is 392 g/mol. The highest BCUT2D eigenvalue weighted by Gasteiger charge is 2.41. The first kappa shape index (κ1) is 19.5. The lowest BCUT2D eigenvalue weighted by atomic mass is 9.92. The van der Waals surface area contributed by atoms with E-state index in [-0.39, 0.29) is 18.2 Å². The summed E-state index contributed by atoms with van der Waals surface area (Å²) in [5.41, 5.74) is 0.748. The van der Waals surface area contributed by atoms with Crippen LogP contribution < -0.4 is 15.4 Å². The number of fused-ring (bicyclic) bond motifs is 1. The number of hydrogen-bond acceptors (Lipinski definition) is 5. The van der Waals surface area contributed by atoms with Gasteiger partial charge < -0.3 is 20.5 Å².